The summed E-state index contributed by atoms with van der Waals surface area (Å²) in [5.74, 6) is -1.60. The maximum atomic E-state index is 13.6. The smallest absolute Gasteiger partial charge is 0.352 e. The van der Waals surface area contributed by atoms with E-state index in [1.807, 2.05) is 0 Å². The van der Waals surface area contributed by atoms with Crippen LogP contribution in [0.25, 0.3) is 6.08 Å². The average molecular weight is 391 g/mol. The Morgan fingerprint density at radius 2 is 1.59 bits per heavy atom. The lowest BCUT2D eigenvalue weighted by Crippen LogP contribution is -2.27. The van der Waals surface area contributed by atoms with Gasteiger partial charge in [0.2, 0.25) is 0 Å². The normalized spacial score (nSPS) is 11.0. The summed E-state index contributed by atoms with van der Waals surface area (Å²) in [7, 11) is 0. The molecule has 0 aliphatic carbocycles. The Kier molecular flexibility index (Phi) is 6.37. The number of carbonyl (C=O) groups excluding carboxylic acids is 1. The van der Waals surface area contributed by atoms with Crippen LogP contribution in [-0.4, -0.2) is 17.0 Å². The zero-order valence-electron chi connectivity index (χ0n) is 15.3. The number of hydrogen-bond donors (Lipinski definition) is 2. The Balaban J connectivity index is 1.68. The van der Waals surface area contributed by atoms with Crippen molar-refractivity contribution < 1.29 is 23.8 Å². The van der Waals surface area contributed by atoms with Crippen molar-refractivity contribution in [1.82, 2.24) is 5.32 Å². The van der Waals surface area contributed by atoms with E-state index in [0.29, 0.717) is 22.4 Å². The molecule has 0 heterocycles. The number of carboxylic acids is 1. The Morgan fingerprint density at radius 3 is 2.24 bits per heavy atom. The first-order valence-corrected chi connectivity index (χ1v) is 8.80. The highest BCUT2D eigenvalue weighted by molar-refractivity contribution is 6.02. The summed E-state index contributed by atoms with van der Waals surface area (Å²) in [6.07, 6.45) is 1.35. The molecule has 0 saturated heterocycles. The van der Waals surface area contributed by atoms with Crippen LogP contribution in [-0.2, 0) is 11.4 Å². The van der Waals surface area contributed by atoms with Crippen molar-refractivity contribution >= 4 is 18.0 Å². The van der Waals surface area contributed by atoms with Crippen molar-refractivity contribution in [2.24, 2.45) is 0 Å². The van der Waals surface area contributed by atoms with E-state index in [1.165, 1.54) is 12.1 Å². The molecule has 0 aliphatic heterocycles. The fourth-order valence-corrected chi connectivity index (χ4v) is 2.54. The van der Waals surface area contributed by atoms with E-state index in [2.05, 4.69) is 5.32 Å². The molecule has 5 nitrogen and oxygen atoms in total. The molecule has 0 spiro atoms. The number of amides is 1. The van der Waals surface area contributed by atoms with Crippen molar-refractivity contribution in [3.63, 3.8) is 0 Å². The van der Waals surface area contributed by atoms with Gasteiger partial charge in [0, 0.05) is 11.1 Å². The van der Waals surface area contributed by atoms with E-state index in [9.17, 15) is 19.1 Å². The summed E-state index contributed by atoms with van der Waals surface area (Å²) in [6, 6.07) is 21.3. The lowest BCUT2D eigenvalue weighted by atomic mass is 10.1. The predicted octanol–water partition coefficient (Wildman–Crippen LogP) is 4.26. The first-order chi connectivity index (χ1) is 14.0. The zero-order valence-corrected chi connectivity index (χ0v) is 15.3. The van der Waals surface area contributed by atoms with Gasteiger partial charge < -0.3 is 15.2 Å². The predicted molar refractivity (Wildman–Crippen MR) is 107 cm³/mol. The van der Waals surface area contributed by atoms with Crippen LogP contribution in [0.15, 0.2) is 84.6 Å². The first-order valence-electron chi connectivity index (χ1n) is 8.80. The molecule has 6 heteroatoms. The van der Waals surface area contributed by atoms with Crippen LogP contribution in [0.2, 0.25) is 0 Å². The van der Waals surface area contributed by atoms with E-state index < -0.39 is 11.9 Å². The first kappa shape index (κ1) is 19.8. The molecular formula is C23H18FNO4. The molecule has 0 radical (unpaired) electrons. The second-order valence-corrected chi connectivity index (χ2v) is 6.13. The maximum Gasteiger partial charge on any atom is 0.352 e. The zero-order chi connectivity index (χ0) is 20.6. The lowest BCUT2D eigenvalue weighted by molar-refractivity contribution is -0.132. The molecule has 2 N–H and O–H groups in total. The molecular weight excluding hydrogens is 373 g/mol. The second-order valence-electron chi connectivity index (χ2n) is 6.13. The minimum absolute atomic E-state index is 0.0787. The summed E-state index contributed by atoms with van der Waals surface area (Å²) >= 11 is 0. The summed E-state index contributed by atoms with van der Waals surface area (Å²) in [5.41, 5.74) is 1.11. The molecule has 0 saturated carbocycles. The van der Waals surface area contributed by atoms with Gasteiger partial charge in [0.15, 0.2) is 0 Å². The molecule has 1 amide bonds. The van der Waals surface area contributed by atoms with Crippen molar-refractivity contribution in [3.8, 4) is 5.75 Å². The van der Waals surface area contributed by atoms with Crippen molar-refractivity contribution in [2.45, 2.75) is 6.61 Å². The van der Waals surface area contributed by atoms with Crippen LogP contribution >= 0.6 is 0 Å². The summed E-state index contributed by atoms with van der Waals surface area (Å²) in [6.45, 7) is 0.0787. The molecule has 146 valence electrons. The summed E-state index contributed by atoms with van der Waals surface area (Å²) in [4.78, 5) is 23.7. The van der Waals surface area contributed by atoms with Gasteiger partial charge in [0.25, 0.3) is 5.91 Å². The maximum absolute atomic E-state index is 13.6. The number of rotatable bonds is 7. The number of benzene rings is 3. The van der Waals surface area contributed by atoms with Gasteiger partial charge in [0.05, 0.1) is 0 Å². The van der Waals surface area contributed by atoms with Crippen LogP contribution in [0.5, 0.6) is 5.75 Å². The Hall–Kier alpha value is -3.93. The van der Waals surface area contributed by atoms with E-state index in [-0.39, 0.29) is 18.1 Å². The second kappa shape index (κ2) is 9.32. The highest BCUT2D eigenvalue weighted by Crippen LogP contribution is 2.17. The monoisotopic (exact) mass is 391 g/mol. The van der Waals surface area contributed by atoms with E-state index in [4.69, 9.17) is 4.74 Å². The van der Waals surface area contributed by atoms with E-state index in [1.54, 1.807) is 72.8 Å². The fraction of sp³-hybridized carbons (Fsp3) is 0.0435. The third-order valence-corrected chi connectivity index (χ3v) is 4.06. The third-order valence-electron chi connectivity index (χ3n) is 4.06. The molecule has 0 aromatic heterocycles. The molecule has 0 aliphatic rings. The van der Waals surface area contributed by atoms with Crippen LogP contribution in [0.3, 0.4) is 0 Å². The Morgan fingerprint density at radius 1 is 0.931 bits per heavy atom. The number of aliphatic carboxylic acids is 1. The van der Waals surface area contributed by atoms with Gasteiger partial charge in [-0.25, -0.2) is 9.18 Å². The quantitative estimate of drug-likeness (QED) is 0.590. The summed E-state index contributed by atoms with van der Waals surface area (Å²) in [5, 5.41) is 11.8. The average Bonchev–Trinajstić information content (AvgIpc) is 2.74. The molecule has 0 atom stereocenters. The van der Waals surface area contributed by atoms with Crippen LogP contribution in [0.1, 0.15) is 21.5 Å². The van der Waals surface area contributed by atoms with Gasteiger partial charge in [0.1, 0.15) is 23.9 Å². The highest BCUT2D eigenvalue weighted by atomic mass is 19.1. The van der Waals surface area contributed by atoms with Gasteiger partial charge in [-0.1, -0.05) is 48.5 Å². The Bertz CT molecular complexity index is 1030. The highest BCUT2D eigenvalue weighted by Gasteiger charge is 2.13. The van der Waals surface area contributed by atoms with E-state index >= 15 is 0 Å². The van der Waals surface area contributed by atoms with Crippen molar-refractivity contribution in [1.29, 1.82) is 0 Å². The molecule has 0 unspecified atom stereocenters. The van der Waals surface area contributed by atoms with Gasteiger partial charge in [-0.15, -0.1) is 0 Å². The molecule has 29 heavy (non-hydrogen) atoms. The van der Waals surface area contributed by atoms with Gasteiger partial charge in [-0.05, 0) is 42.0 Å². The fourth-order valence-electron chi connectivity index (χ4n) is 2.54. The lowest BCUT2D eigenvalue weighted by Gasteiger charge is -2.08. The van der Waals surface area contributed by atoms with Crippen LogP contribution in [0, 0.1) is 5.82 Å². The van der Waals surface area contributed by atoms with Crippen LogP contribution in [0.4, 0.5) is 4.39 Å². The van der Waals surface area contributed by atoms with Crippen molar-refractivity contribution in [3.05, 3.63) is 107 Å². The summed E-state index contributed by atoms with van der Waals surface area (Å²) < 4.78 is 19.2. The molecule has 0 bridgehead atoms. The number of ether oxygens (including phenoxy) is 1. The number of nitrogens with one attached hydrogen (secondary N) is 1. The molecule has 3 aromatic carbocycles. The van der Waals surface area contributed by atoms with Crippen LogP contribution < -0.4 is 10.1 Å². The number of halogens is 1. The van der Waals surface area contributed by atoms with Gasteiger partial charge in [-0.3, -0.25) is 4.79 Å². The molecule has 3 rings (SSSR count). The SMILES string of the molecule is O=C(O)/C(=C/c1ccc(OCc2ccccc2F)cc1)NC(=O)c1ccccc1. The number of carbonyl (C=O) groups is 2. The minimum Gasteiger partial charge on any atom is -0.489 e. The Labute approximate surface area is 167 Å². The van der Waals surface area contributed by atoms with Crippen molar-refractivity contribution in [2.75, 3.05) is 0 Å². The standard InChI is InChI=1S/C23H18FNO4/c24-20-9-5-4-8-18(20)15-29-19-12-10-16(11-13-19)14-21(23(27)28)25-22(26)17-6-2-1-3-7-17/h1-14H,15H2,(H,25,26)(H,27,28)/b21-14-. The topological polar surface area (TPSA) is 75.6 Å². The molecule has 0 fully saturated rings. The number of carboxylic acid groups (broad SMARTS) is 1. The van der Waals surface area contributed by atoms with Gasteiger partial charge >= 0.3 is 5.97 Å². The van der Waals surface area contributed by atoms with E-state index in [0.717, 1.165) is 0 Å². The molecule has 3 aromatic rings. The minimum atomic E-state index is -1.26. The third kappa shape index (κ3) is 5.52. The number of hydrogen-bond acceptors (Lipinski definition) is 3. The van der Waals surface area contributed by atoms with Gasteiger partial charge in [-0.2, -0.15) is 0 Å². The largest absolute Gasteiger partial charge is 0.489 e.